The van der Waals surface area contributed by atoms with Gasteiger partial charge < -0.3 is 10.6 Å². The van der Waals surface area contributed by atoms with Gasteiger partial charge in [-0.3, -0.25) is 0 Å². The van der Waals surface area contributed by atoms with E-state index in [0.717, 1.165) is 17.2 Å². The highest BCUT2D eigenvalue weighted by atomic mass is 15.2. The molecule has 72 valence electrons. The number of hydrogen-bond acceptors (Lipinski definition) is 2. The summed E-state index contributed by atoms with van der Waals surface area (Å²) >= 11 is 0. The Bertz CT molecular complexity index is 247. The van der Waals surface area contributed by atoms with Gasteiger partial charge in [0.05, 0.1) is 11.4 Å². The molecular weight excluding hydrogens is 160 g/mol. The molecule has 0 fully saturated rings. The van der Waals surface area contributed by atoms with Crippen molar-refractivity contribution in [1.29, 1.82) is 0 Å². The van der Waals surface area contributed by atoms with E-state index in [1.807, 2.05) is 32.9 Å². The number of hydrogen-bond donors (Lipinski definition) is 2. The zero-order valence-corrected chi connectivity index (χ0v) is 8.65. The first-order chi connectivity index (χ1) is 6.27. The van der Waals surface area contributed by atoms with Crippen molar-refractivity contribution in [2.24, 2.45) is 0 Å². The molecule has 0 amide bonds. The van der Waals surface area contributed by atoms with Gasteiger partial charge in [0.1, 0.15) is 5.82 Å². The van der Waals surface area contributed by atoms with Crippen LogP contribution in [-0.2, 0) is 0 Å². The Kier molecular flexibility index (Phi) is 5.44. The highest BCUT2D eigenvalue weighted by molar-refractivity contribution is 5.38. The van der Waals surface area contributed by atoms with E-state index in [0.29, 0.717) is 0 Å². The summed E-state index contributed by atoms with van der Waals surface area (Å²) in [5.41, 5.74) is 2.00. The van der Waals surface area contributed by atoms with Crippen molar-refractivity contribution in [2.75, 3.05) is 0 Å². The molecule has 1 rings (SSSR count). The van der Waals surface area contributed by atoms with Crippen molar-refractivity contribution in [3.63, 3.8) is 0 Å². The van der Waals surface area contributed by atoms with E-state index in [9.17, 15) is 0 Å². The first-order valence-electron chi connectivity index (χ1n) is 4.50. The zero-order valence-electron chi connectivity index (χ0n) is 8.65. The van der Waals surface area contributed by atoms with Crippen LogP contribution in [0.25, 0.3) is 0 Å². The fourth-order valence-corrected chi connectivity index (χ4v) is 0.950. The summed E-state index contributed by atoms with van der Waals surface area (Å²) in [5.74, 6) is 0.799. The van der Waals surface area contributed by atoms with Crippen LogP contribution in [0.15, 0.2) is 48.6 Å². The van der Waals surface area contributed by atoms with E-state index in [1.54, 1.807) is 6.08 Å². The molecule has 0 unspecified atom stereocenters. The van der Waals surface area contributed by atoms with Gasteiger partial charge in [-0.15, -0.1) is 0 Å². The Morgan fingerprint density at radius 3 is 2.15 bits per heavy atom. The van der Waals surface area contributed by atoms with Crippen LogP contribution >= 0.6 is 0 Å². The van der Waals surface area contributed by atoms with Crippen LogP contribution in [0.3, 0.4) is 0 Å². The molecule has 2 nitrogen and oxygen atoms in total. The molecule has 1 heterocycles. The molecule has 0 aromatic heterocycles. The van der Waals surface area contributed by atoms with E-state index in [-0.39, 0.29) is 0 Å². The van der Waals surface area contributed by atoms with Crippen LogP contribution in [0.1, 0.15) is 20.8 Å². The molecule has 13 heavy (non-hydrogen) atoms. The predicted molar refractivity (Wildman–Crippen MR) is 58.8 cm³/mol. The molecule has 0 bridgehead atoms. The van der Waals surface area contributed by atoms with Crippen LogP contribution in [0, 0.1) is 0 Å². The summed E-state index contributed by atoms with van der Waals surface area (Å²) in [4.78, 5) is 0. The fraction of sp³-hybridized carbons (Fsp3) is 0.273. The van der Waals surface area contributed by atoms with Gasteiger partial charge in [-0.05, 0) is 19.1 Å². The maximum atomic E-state index is 3.74. The molecule has 0 radical (unpaired) electrons. The van der Waals surface area contributed by atoms with Crippen molar-refractivity contribution in [2.45, 2.75) is 20.8 Å². The van der Waals surface area contributed by atoms with E-state index in [2.05, 4.69) is 23.8 Å². The summed E-state index contributed by atoms with van der Waals surface area (Å²) in [5, 5.41) is 6.11. The largest absolute Gasteiger partial charge is 0.341 e. The smallest absolute Gasteiger partial charge is 0.100 e. The highest BCUT2D eigenvalue weighted by Gasteiger charge is 2.09. The van der Waals surface area contributed by atoms with Crippen molar-refractivity contribution in [1.82, 2.24) is 10.6 Å². The minimum atomic E-state index is 0.799. The topological polar surface area (TPSA) is 24.1 Å². The second kappa shape index (κ2) is 6.12. The summed E-state index contributed by atoms with van der Waals surface area (Å²) < 4.78 is 0. The molecule has 0 aliphatic carbocycles. The van der Waals surface area contributed by atoms with Crippen LogP contribution in [0.2, 0.25) is 0 Å². The summed E-state index contributed by atoms with van der Waals surface area (Å²) in [6.45, 7) is 13.4. The maximum Gasteiger partial charge on any atom is 0.100 e. The quantitative estimate of drug-likeness (QED) is 0.679. The first kappa shape index (κ1) is 11.6. The predicted octanol–water partition coefficient (Wildman–Crippen LogP) is 2.65. The van der Waals surface area contributed by atoms with Gasteiger partial charge >= 0.3 is 0 Å². The Morgan fingerprint density at radius 2 is 1.69 bits per heavy atom. The maximum absolute atomic E-state index is 3.74. The highest BCUT2D eigenvalue weighted by Crippen LogP contribution is 2.10. The van der Waals surface area contributed by atoms with Crippen LogP contribution < -0.4 is 10.6 Å². The second-order valence-electron chi connectivity index (χ2n) is 2.26. The van der Waals surface area contributed by atoms with Crippen molar-refractivity contribution in [3.8, 4) is 0 Å². The second-order valence-corrected chi connectivity index (χ2v) is 2.26. The molecule has 0 aromatic rings. The van der Waals surface area contributed by atoms with Gasteiger partial charge in [0, 0.05) is 0 Å². The van der Waals surface area contributed by atoms with Gasteiger partial charge in [-0.25, -0.2) is 0 Å². The van der Waals surface area contributed by atoms with E-state index in [1.165, 1.54) is 0 Å². The minimum absolute atomic E-state index is 0.799. The van der Waals surface area contributed by atoms with Gasteiger partial charge in [0.25, 0.3) is 0 Å². The summed E-state index contributed by atoms with van der Waals surface area (Å²) in [6.07, 6.45) is 5.70. The van der Waals surface area contributed by atoms with Crippen molar-refractivity contribution < 1.29 is 0 Å². The third-order valence-electron chi connectivity index (χ3n) is 1.40. The lowest BCUT2D eigenvalue weighted by molar-refractivity contribution is 0.968. The lowest BCUT2D eigenvalue weighted by Crippen LogP contribution is -2.10. The molecular formula is C11H18N2. The van der Waals surface area contributed by atoms with Crippen LogP contribution in [0.5, 0.6) is 0 Å². The van der Waals surface area contributed by atoms with Crippen LogP contribution in [-0.4, -0.2) is 0 Å². The van der Waals surface area contributed by atoms with E-state index in [4.69, 9.17) is 0 Å². The Balaban J connectivity index is 0.000000671. The molecule has 1 aliphatic heterocycles. The third kappa shape index (κ3) is 3.20. The molecule has 0 saturated heterocycles. The lowest BCUT2D eigenvalue weighted by Gasteiger charge is -1.94. The fourth-order valence-electron chi connectivity index (χ4n) is 0.950. The summed E-state index contributed by atoms with van der Waals surface area (Å²) in [7, 11) is 0. The zero-order chi connectivity index (χ0) is 10.3. The number of nitrogens with one attached hydrogen (secondary N) is 2. The van der Waals surface area contributed by atoms with Gasteiger partial charge in [-0.1, -0.05) is 33.1 Å². The van der Waals surface area contributed by atoms with Crippen molar-refractivity contribution in [3.05, 3.63) is 48.6 Å². The SMILES string of the molecule is C=CC1=C(/C=C\C)NC(=C)N1.CC. The first-order valence-corrected chi connectivity index (χ1v) is 4.50. The third-order valence-corrected chi connectivity index (χ3v) is 1.40. The molecule has 0 atom stereocenters. The van der Waals surface area contributed by atoms with E-state index < -0.39 is 0 Å². The summed E-state index contributed by atoms with van der Waals surface area (Å²) in [6, 6.07) is 0. The monoisotopic (exact) mass is 178 g/mol. The average Bonchev–Trinajstić information content (AvgIpc) is 2.50. The number of allylic oxidation sites excluding steroid dienone is 3. The normalized spacial score (nSPS) is 14.8. The van der Waals surface area contributed by atoms with E-state index >= 15 is 0 Å². The molecule has 0 saturated carbocycles. The van der Waals surface area contributed by atoms with Gasteiger partial charge in [0.2, 0.25) is 0 Å². The molecule has 0 spiro atoms. The molecule has 2 N–H and O–H groups in total. The average molecular weight is 178 g/mol. The van der Waals surface area contributed by atoms with Gasteiger partial charge in [-0.2, -0.15) is 0 Å². The lowest BCUT2D eigenvalue weighted by atomic mass is 10.3. The molecule has 1 aliphatic rings. The Morgan fingerprint density at radius 1 is 1.15 bits per heavy atom. The Labute approximate surface area is 80.7 Å². The standard InChI is InChI=1S/C9H12N2.C2H6/c1-4-6-9-8(5-2)10-7(3)11-9;1-2/h4-6,10-11H,2-3H2,1H3;1-2H3/b6-4-;. The molecule has 2 heteroatoms. The number of rotatable bonds is 2. The van der Waals surface area contributed by atoms with Crippen molar-refractivity contribution >= 4 is 0 Å². The van der Waals surface area contributed by atoms with Crippen LogP contribution in [0.4, 0.5) is 0 Å². The molecule has 0 aromatic carbocycles. The minimum Gasteiger partial charge on any atom is -0.341 e. The van der Waals surface area contributed by atoms with Gasteiger partial charge in [0.15, 0.2) is 0 Å². The Hall–Kier alpha value is -1.44.